The Morgan fingerprint density at radius 3 is 1.30 bits per heavy atom. The molecule has 0 N–H and O–H groups in total. The predicted molar refractivity (Wildman–Crippen MR) is 129 cm³/mol. The van der Waals surface area contributed by atoms with Crippen molar-refractivity contribution in [2.45, 2.75) is 64.2 Å². The number of unbranched alkanes of at least 4 members (excludes halogenated alkanes) is 7. The van der Waals surface area contributed by atoms with Gasteiger partial charge < -0.3 is 9.47 Å². The molecule has 0 radical (unpaired) electrons. The van der Waals surface area contributed by atoms with Crippen molar-refractivity contribution in [3.63, 3.8) is 0 Å². The van der Waals surface area contributed by atoms with Crippen LogP contribution in [0.25, 0.3) is 0 Å². The summed E-state index contributed by atoms with van der Waals surface area (Å²) >= 11 is 0. The maximum Gasteiger partial charge on any atom is 0.122 e. The molecule has 2 rings (SSSR count). The fourth-order valence-electron chi connectivity index (χ4n) is 3.57. The first-order chi connectivity index (χ1) is 14.8. The van der Waals surface area contributed by atoms with Crippen molar-refractivity contribution in [1.82, 2.24) is 0 Å². The summed E-state index contributed by atoms with van der Waals surface area (Å²) in [5, 5.41) is 0. The zero-order chi connectivity index (χ0) is 21.3. The third-order valence-electron chi connectivity index (χ3n) is 5.23. The van der Waals surface area contributed by atoms with Crippen LogP contribution in [0, 0.1) is 0 Å². The van der Waals surface area contributed by atoms with Crippen LogP contribution < -0.4 is 9.47 Å². The van der Waals surface area contributed by atoms with E-state index in [4.69, 9.17) is 9.47 Å². The van der Waals surface area contributed by atoms with E-state index in [0.29, 0.717) is 0 Å². The standard InChI is InChI=1S/C28H38O2/c1-3-17-25-19-11-13-21-27(25)29-23-15-9-7-5-6-8-10-16-24-30-28-22-14-12-20-26(28)18-4-2/h3-4,11-14,19-22H,1-2,5-10,15-18,23-24H2. The molecule has 0 heterocycles. The molecule has 0 atom stereocenters. The molecule has 0 aliphatic carbocycles. The molecular formula is C28H38O2. The molecule has 0 saturated carbocycles. The highest BCUT2D eigenvalue weighted by atomic mass is 16.5. The van der Waals surface area contributed by atoms with Crippen LogP contribution in [0.15, 0.2) is 73.8 Å². The van der Waals surface area contributed by atoms with E-state index < -0.39 is 0 Å². The van der Waals surface area contributed by atoms with Crippen LogP contribution in [-0.2, 0) is 12.8 Å². The fourth-order valence-corrected chi connectivity index (χ4v) is 3.57. The van der Waals surface area contributed by atoms with Gasteiger partial charge in [0.1, 0.15) is 11.5 Å². The molecule has 2 aromatic rings. The van der Waals surface area contributed by atoms with Crippen molar-refractivity contribution in [3.8, 4) is 11.5 Å². The number of allylic oxidation sites excluding steroid dienone is 2. The molecular weight excluding hydrogens is 368 g/mol. The number of rotatable bonds is 17. The van der Waals surface area contributed by atoms with Crippen LogP contribution in [-0.4, -0.2) is 13.2 Å². The van der Waals surface area contributed by atoms with Crippen molar-refractivity contribution in [3.05, 3.63) is 85.0 Å². The molecule has 0 saturated heterocycles. The molecule has 30 heavy (non-hydrogen) atoms. The first-order valence-electron chi connectivity index (χ1n) is 11.5. The van der Waals surface area contributed by atoms with Crippen LogP contribution in [0.1, 0.15) is 62.5 Å². The second-order valence-corrected chi connectivity index (χ2v) is 7.73. The highest BCUT2D eigenvalue weighted by Crippen LogP contribution is 2.20. The first kappa shape index (κ1) is 23.8. The summed E-state index contributed by atoms with van der Waals surface area (Å²) < 4.78 is 11.9. The summed E-state index contributed by atoms with van der Waals surface area (Å²) in [6.07, 6.45) is 15.5. The lowest BCUT2D eigenvalue weighted by Gasteiger charge is -2.10. The molecule has 2 heteroatoms. The van der Waals surface area contributed by atoms with Gasteiger partial charge in [0.15, 0.2) is 0 Å². The number of benzene rings is 2. The van der Waals surface area contributed by atoms with E-state index >= 15 is 0 Å². The number of para-hydroxylation sites is 2. The average molecular weight is 407 g/mol. The monoisotopic (exact) mass is 406 g/mol. The second-order valence-electron chi connectivity index (χ2n) is 7.73. The van der Waals surface area contributed by atoms with Gasteiger partial charge in [-0.25, -0.2) is 0 Å². The molecule has 0 bridgehead atoms. The zero-order valence-electron chi connectivity index (χ0n) is 18.5. The Morgan fingerprint density at radius 1 is 0.533 bits per heavy atom. The number of ether oxygens (including phenoxy) is 2. The molecule has 162 valence electrons. The van der Waals surface area contributed by atoms with E-state index in [1.807, 2.05) is 24.3 Å². The van der Waals surface area contributed by atoms with Gasteiger partial charge in [-0.2, -0.15) is 0 Å². The van der Waals surface area contributed by atoms with Crippen LogP contribution in [0.4, 0.5) is 0 Å². The Morgan fingerprint density at radius 2 is 0.900 bits per heavy atom. The van der Waals surface area contributed by atoms with Gasteiger partial charge in [0.2, 0.25) is 0 Å². The fraction of sp³-hybridized carbons (Fsp3) is 0.429. The van der Waals surface area contributed by atoms with Gasteiger partial charge in [-0.15, -0.1) is 13.2 Å². The van der Waals surface area contributed by atoms with Gasteiger partial charge in [0.25, 0.3) is 0 Å². The van der Waals surface area contributed by atoms with Crippen LogP contribution >= 0.6 is 0 Å². The number of hydrogen-bond donors (Lipinski definition) is 0. The third kappa shape index (κ3) is 9.35. The van der Waals surface area contributed by atoms with Crippen LogP contribution in [0.2, 0.25) is 0 Å². The molecule has 0 amide bonds. The molecule has 0 spiro atoms. The SMILES string of the molecule is C=CCc1ccccc1OCCCCCCCCCCOc1ccccc1CC=C. The normalized spacial score (nSPS) is 10.5. The summed E-state index contributed by atoms with van der Waals surface area (Å²) in [6.45, 7) is 9.24. The van der Waals surface area contributed by atoms with Crippen LogP contribution in [0.5, 0.6) is 11.5 Å². The molecule has 0 unspecified atom stereocenters. The maximum absolute atomic E-state index is 5.95. The van der Waals surface area contributed by atoms with Gasteiger partial charge in [-0.1, -0.05) is 87.1 Å². The highest BCUT2D eigenvalue weighted by molar-refractivity contribution is 5.35. The van der Waals surface area contributed by atoms with Gasteiger partial charge in [-0.05, 0) is 48.9 Å². The summed E-state index contributed by atoms with van der Waals surface area (Å²) in [4.78, 5) is 0. The minimum Gasteiger partial charge on any atom is -0.493 e. The third-order valence-corrected chi connectivity index (χ3v) is 5.23. The van der Waals surface area contributed by atoms with E-state index in [2.05, 4.69) is 49.6 Å². The molecule has 0 aliphatic rings. The van der Waals surface area contributed by atoms with Gasteiger partial charge in [-0.3, -0.25) is 0 Å². The lowest BCUT2D eigenvalue weighted by Crippen LogP contribution is -2.00. The van der Waals surface area contributed by atoms with Crippen molar-refractivity contribution >= 4 is 0 Å². The first-order valence-corrected chi connectivity index (χ1v) is 11.5. The Hall–Kier alpha value is -2.48. The summed E-state index contributed by atoms with van der Waals surface area (Å²) in [7, 11) is 0. The highest BCUT2D eigenvalue weighted by Gasteiger charge is 2.02. The smallest absolute Gasteiger partial charge is 0.122 e. The quantitative estimate of drug-likeness (QED) is 0.198. The van der Waals surface area contributed by atoms with Gasteiger partial charge in [0.05, 0.1) is 13.2 Å². The van der Waals surface area contributed by atoms with Gasteiger partial charge >= 0.3 is 0 Å². The largest absolute Gasteiger partial charge is 0.493 e. The van der Waals surface area contributed by atoms with E-state index in [1.54, 1.807) is 0 Å². The Labute approximate surface area is 183 Å². The second kappa shape index (κ2) is 15.4. The average Bonchev–Trinajstić information content (AvgIpc) is 2.77. The minimum atomic E-state index is 0.804. The Balaban J connectivity index is 1.44. The molecule has 0 aliphatic heterocycles. The van der Waals surface area contributed by atoms with E-state index in [-0.39, 0.29) is 0 Å². The topological polar surface area (TPSA) is 18.5 Å². The summed E-state index contributed by atoms with van der Waals surface area (Å²) in [5.41, 5.74) is 2.45. The molecule has 0 fully saturated rings. The van der Waals surface area contributed by atoms with E-state index in [9.17, 15) is 0 Å². The van der Waals surface area contributed by atoms with E-state index in [1.165, 1.54) is 49.7 Å². The van der Waals surface area contributed by atoms with Crippen molar-refractivity contribution < 1.29 is 9.47 Å². The number of hydrogen-bond acceptors (Lipinski definition) is 2. The van der Waals surface area contributed by atoms with Crippen molar-refractivity contribution in [2.24, 2.45) is 0 Å². The van der Waals surface area contributed by atoms with Crippen molar-refractivity contribution in [2.75, 3.05) is 13.2 Å². The molecule has 2 nitrogen and oxygen atoms in total. The van der Waals surface area contributed by atoms with Crippen molar-refractivity contribution in [1.29, 1.82) is 0 Å². The Bertz CT molecular complexity index is 671. The Kier molecular flexibility index (Phi) is 12.2. The summed E-state index contributed by atoms with van der Waals surface area (Å²) in [5.74, 6) is 2.01. The zero-order valence-corrected chi connectivity index (χ0v) is 18.5. The lowest BCUT2D eigenvalue weighted by molar-refractivity contribution is 0.298. The predicted octanol–water partition coefficient (Wildman–Crippen LogP) is 7.72. The van der Waals surface area contributed by atoms with E-state index in [0.717, 1.165) is 50.4 Å². The molecule has 0 aromatic heterocycles. The summed E-state index contributed by atoms with van der Waals surface area (Å²) in [6, 6.07) is 16.5. The lowest BCUT2D eigenvalue weighted by atomic mass is 10.1. The maximum atomic E-state index is 5.95. The van der Waals surface area contributed by atoms with Crippen LogP contribution in [0.3, 0.4) is 0 Å². The minimum absolute atomic E-state index is 0.804. The molecule has 2 aromatic carbocycles. The van der Waals surface area contributed by atoms with Gasteiger partial charge in [0, 0.05) is 0 Å².